The molecule has 15 heavy (non-hydrogen) atoms. The Labute approximate surface area is 91.6 Å². The van der Waals surface area contributed by atoms with Crippen molar-refractivity contribution < 1.29 is 19.4 Å². The lowest BCUT2D eigenvalue weighted by Gasteiger charge is -2.28. The Bertz CT molecular complexity index is 201. The lowest BCUT2D eigenvalue weighted by atomic mass is 9.90. The van der Waals surface area contributed by atoms with Crippen LogP contribution in [-0.4, -0.2) is 36.5 Å². The molecule has 0 spiro atoms. The molecule has 0 heterocycles. The zero-order chi connectivity index (χ0) is 12.1. The molecule has 0 aliphatic carbocycles. The quantitative estimate of drug-likeness (QED) is 0.684. The summed E-state index contributed by atoms with van der Waals surface area (Å²) in [7, 11) is 1.61. The summed E-state index contributed by atoms with van der Waals surface area (Å²) in [6.07, 6.45) is -0.469. The lowest BCUT2D eigenvalue weighted by molar-refractivity contribution is -0.156. The van der Waals surface area contributed by atoms with E-state index >= 15 is 0 Å². The van der Waals surface area contributed by atoms with Crippen molar-refractivity contribution in [2.45, 2.75) is 45.8 Å². The van der Waals surface area contributed by atoms with Gasteiger partial charge in [-0.05, 0) is 33.1 Å². The van der Waals surface area contributed by atoms with E-state index in [2.05, 4.69) is 0 Å². The topological polar surface area (TPSA) is 55.8 Å². The van der Waals surface area contributed by atoms with Crippen LogP contribution in [0.25, 0.3) is 0 Å². The minimum atomic E-state index is -1.07. The molecule has 0 aromatic carbocycles. The molecule has 0 aliphatic heterocycles. The molecule has 90 valence electrons. The lowest BCUT2D eigenvalue weighted by Crippen LogP contribution is -2.35. The van der Waals surface area contributed by atoms with Crippen LogP contribution in [0.2, 0.25) is 0 Å². The van der Waals surface area contributed by atoms with Gasteiger partial charge >= 0.3 is 5.97 Å². The molecule has 2 atom stereocenters. The minimum Gasteiger partial charge on any atom is -0.464 e. The van der Waals surface area contributed by atoms with Crippen LogP contribution in [0.4, 0.5) is 0 Å². The molecule has 0 saturated heterocycles. The van der Waals surface area contributed by atoms with Crippen molar-refractivity contribution >= 4 is 5.97 Å². The molecular formula is C11H22O4. The van der Waals surface area contributed by atoms with Crippen molar-refractivity contribution in [2.24, 2.45) is 5.92 Å². The summed E-state index contributed by atoms with van der Waals surface area (Å²) in [6.45, 7) is 7.65. The Morgan fingerprint density at radius 2 is 2.00 bits per heavy atom. The highest BCUT2D eigenvalue weighted by Gasteiger charge is 2.29. The molecule has 2 unspecified atom stereocenters. The molecule has 0 bridgehead atoms. The second-order valence-corrected chi connectivity index (χ2v) is 4.34. The molecule has 0 aromatic rings. The fraction of sp³-hybridized carbons (Fsp3) is 0.909. The first-order valence-electron chi connectivity index (χ1n) is 5.24. The maximum Gasteiger partial charge on any atom is 0.335 e. The van der Waals surface area contributed by atoms with Crippen LogP contribution in [0.3, 0.4) is 0 Å². The molecular weight excluding hydrogens is 196 g/mol. The van der Waals surface area contributed by atoms with Crippen LogP contribution in [0, 0.1) is 5.92 Å². The number of methoxy groups -OCH3 is 1. The van der Waals surface area contributed by atoms with Crippen molar-refractivity contribution in [2.75, 3.05) is 13.7 Å². The largest absolute Gasteiger partial charge is 0.464 e. The Hall–Kier alpha value is -0.610. The van der Waals surface area contributed by atoms with Crippen molar-refractivity contribution in [1.82, 2.24) is 0 Å². The second-order valence-electron chi connectivity index (χ2n) is 4.34. The Balaban J connectivity index is 4.20. The first-order valence-corrected chi connectivity index (χ1v) is 5.24. The van der Waals surface area contributed by atoms with Gasteiger partial charge in [-0.3, -0.25) is 0 Å². The zero-order valence-corrected chi connectivity index (χ0v) is 10.2. The van der Waals surface area contributed by atoms with Crippen LogP contribution >= 0.6 is 0 Å². The summed E-state index contributed by atoms with van der Waals surface area (Å²) in [5, 5.41) is 9.65. The summed E-state index contributed by atoms with van der Waals surface area (Å²) in [5.74, 6) is -0.740. The van der Waals surface area contributed by atoms with E-state index in [1.54, 1.807) is 14.0 Å². The first-order chi connectivity index (χ1) is 6.84. The van der Waals surface area contributed by atoms with Gasteiger partial charge in [-0.15, -0.1) is 0 Å². The average molecular weight is 218 g/mol. The summed E-state index contributed by atoms with van der Waals surface area (Å²) in [4.78, 5) is 11.2. The molecule has 0 amide bonds. The van der Waals surface area contributed by atoms with Crippen LogP contribution in [0.15, 0.2) is 0 Å². The number of ether oxygens (including phenoxy) is 2. The Morgan fingerprint density at radius 3 is 2.40 bits per heavy atom. The van der Waals surface area contributed by atoms with Crippen molar-refractivity contribution in [3.63, 3.8) is 0 Å². The van der Waals surface area contributed by atoms with Gasteiger partial charge in [0.05, 0.1) is 12.2 Å². The third kappa shape index (κ3) is 5.14. The molecule has 0 radical (unpaired) electrons. The number of carbonyl (C=O) groups excluding carboxylic acids is 1. The highest BCUT2D eigenvalue weighted by atomic mass is 16.5. The maximum absolute atomic E-state index is 11.2. The van der Waals surface area contributed by atoms with Gasteiger partial charge in [0, 0.05) is 7.11 Å². The Morgan fingerprint density at radius 1 is 1.47 bits per heavy atom. The van der Waals surface area contributed by atoms with Gasteiger partial charge in [-0.25, -0.2) is 4.79 Å². The first kappa shape index (κ1) is 14.4. The van der Waals surface area contributed by atoms with E-state index in [-0.39, 0.29) is 18.1 Å². The number of hydrogen-bond acceptors (Lipinski definition) is 4. The van der Waals surface area contributed by atoms with E-state index in [0.717, 1.165) is 0 Å². The third-order valence-electron chi connectivity index (χ3n) is 2.43. The molecule has 4 heteroatoms. The smallest absolute Gasteiger partial charge is 0.335 e. The SMILES string of the molecule is CCOC(=O)C(O)C(C)CC(C)(C)OC. The van der Waals surface area contributed by atoms with E-state index in [0.29, 0.717) is 6.42 Å². The van der Waals surface area contributed by atoms with Gasteiger partial charge in [0.1, 0.15) is 0 Å². The average Bonchev–Trinajstić information content (AvgIpc) is 2.16. The van der Waals surface area contributed by atoms with Crippen molar-refractivity contribution in [3.05, 3.63) is 0 Å². The third-order valence-corrected chi connectivity index (χ3v) is 2.43. The second kappa shape index (κ2) is 6.08. The fourth-order valence-electron chi connectivity index (χ4n) is 1.43. The number of aliphatic hydroxyl groups is 1. The molecule has 4 nitrogen and oxygen atoms in total. The maximum atomic E-state index is 11.2. The summed E-state index contributed by atoms with van der Waals surface area (Å²) >= 11 is 0. The number of carbonyl (C=O) groups is 1. The predicted molar refractivity (Wildman–Crippen MR) is 57.5 cm³/mol. The number of hydrogen-bond donors (Lipinski definition) is 1. The van der Waals surface area contributed by atoms with Crippen LogP contribution < -0.4 is 0 Å². The number of rotatable bonds is 6. The van der Waals surface area contributed by atoms with E-state index in [1.807, 2.05) is 20.8 Å². The molecule has 0 rings (SSSR count). The highest BCUT2D eigenvalue weighted by Crippen LogP contribution is 2.22. The number of esters is 1. The van der Waals surface area contributed by atoms with Gasteiger partial charge in [0.25, 0.3) is 0 Å². The Kier molecular flexibility index (Phi) is 5.83. The summed E-state index contributed by atoms with van der Waals surface area (Å²) in [6, 6.07) is 0. The zero-order valence-electron chi connectivity index (χ0n) is 10.2. The van der Waals surface area contributed by atoms with Crippen molar-refractivity contribution in [1.29, 1.82) is 0 Å². The standard InChI is InChI=1S/C11H22O4/c1-6-15-10(13)9(12)8(2)7-11(3,4)14-5/h8-9,12H,6-7H2,1-5H3. The molecule has 0 aromatic heterocycles. The number of aliphatic hydroxyl groups excluding tert-OH is 1. The van der Waals surface area contributed by atoms with E-state index in [1.165, 1.54) is 0 Å². The highest BCUT2D eigenvalue weighted by molar-refractivity contribution is 5.74. The normalized spacial score (nSPS) is 15.9. The van der Waals surface area contributed by atoms with Gasteiger partial charge in [0.15, 0.2) is 6.10 Å². The van der Waals surface area contributed by atoms with Gasteiger partial charge < -0.3 is 14.6 Å². The van der Waals surface area contributed by atoms with E-state index in [9.17, 15) is 9.90 Å². The molecule has 0 saturated carbocycles. The van der Waals surface area contributed by atoms with E-state index in [4.69, 9.17) is 9.47 Å². The van der Waals surface area contributed by atoms with Gasteiger partial charge in [0.2, 0.25) is 0 Å². The van der Waals surface area contributed by atoms with Crippen LogP contribution in [0.5, 0.6) is 0 Å². The minimum absolute atomic E-state index is 0.181. The summed E-state index contributed by atoms with van der Waals surface area (Å²) in [5.41, 5.74) is -0.340. The van der Waals surface area contributed by atoms with Crippen LogP contribution in [0.1, 0.15) is 34.1 Å². The molecule has 1 N–H and O–H groups in total. The fourth-order valence-corrected chi connectivity index (χ4v) is 1.43. The van der Waals surface area contributed by atoms with Crippen molar-refractivity contribution in [3.8, 4) is 0 Å². The van der Waals surface area contributed by atoms with E-state index < -0.39 is 12.1 Å². The predicted octanol–water partition coefficient (Wildman–Crippen LogP) is 1.36. The summed E-state index contributed by atoms with van der Waals surface area (Å²) < 4.78 is 9.98. The molecule has 0 aliphatic rings. The molecule has 0 fully saturated rings. The van der Waals surface area contributed by atoms with Gasteiger partial charge in [-0.1, -0.05) is 6.92 Å². The van der Waals surface area contributed by atoms with Gasteiger partial charge in [-0.2, -0.15) is 0 Å². The monoisotopic (exact) mass is 218 g/mol. The van der Waals surface area contributed by atoms with Crippen LogP contribution in [-0.2, 0) is 14.3 Å².